The van der Waals surface area contributed by atoms with Gasteiger partial charge in [-0.1, -0.05) is 31.6 Å². The van der Waals surface area contributed by atoms with Crippen molar-refractivity contribution in [3.63, 3.8) is 0 Å². The molecule has 126 valence electrons. The molecule has 0 spiro atoms. The van der Waals surface area contributed by atoms with E-state index in [0.29, 0.717) is 24.0 Å². The number of hydrogen-bond donors (Lipinski definition) is 3. The fourth-order valence-corrected chi connectivity index (χ4v) is 5.88. The molecule has 23 heavy (non-hydrogen) atoms. The average Bonchev–Trinajstić information content (AvgIpc) is 2.71. The molecule has 0 radical (unpaired) electrons. The van der Waals surface area contributed by atoms with E-state index in [1.54, 1.807) is 0 Å². The SMILES string of the molecule is C[C@]12C=CC(O)(O)CC1=CC[C@@H]1[C@@H]2CC[C@]2(C)C(N)=C(F)C[C@@H]12. The summed E-state index contributed by atoms with van der Waals surface area (Å²) in [6.07, 6.45) is 9.23. The van der Waals surface area contributed by atoms with Crippen molar-refractivity contribution in [2.24, 2.45) is 34.3 Å². The van der Waals surface area contributed by atoms with Crippen LogP contribution in [0.2, 0.25) is 0 Å². The Morgan fingerprint density at radius 3 is 2.70 bits per heavy atom. The number of fused-ring (bicyclic) bond motifs is 5. The molecule has 4 aliphatic rings. The second-order valence-corrected chi connectivity index (χ2v) is 8.49. The van der Waals surface area contributed by atoms with Crippen LogP contribution in [0.15, 0.2) is 35.3 Å². The molecule has 1 saturated carbocycles. The number of hydrogen-bond acceptors (Lipinski definition) is 3. The second kappa shape index (κ2) is 4.48. The van der Waals surface area contributed by atoms with Crippen LogP contribution in [-0.4, -0.2) is 16.0 Å². The summed E-state index contributed by atoms with van der Waals surface area (Å²) in [5.74, 6) is -0.746. The van der Waals surface area contributed by atoms with Crippen molar-refractivity contribution in [1.29, 1.82) is 0 Å². The topological polar surface area (TPSA) is 66.5 Å². The first kappa shape index (κ1) is 15.4. The first-order valence-corrected chi connectivity index (χ1v) is 8.67. The van der Waals surface area contributed by atoms with Crippen LogP contribution in [0.25, 0.3) is 0 Å². The van der Waals surface area contributed by atoms with Crippen molar-refractivity contribution in [2.75, 3.05) is 0 Å². The largest absolute Gasteiger partial charge is 0.400 e. The van der Waals surface area contributed by atoms with Crippen molar-refractivity contribution in [1.82, 2.24) is 0 Å². The molecule has 4 aliphatic carbocycles. The van der Waals surface area contributed by atoms with E-state index in [4.69, 9.17) is 5.73 Å². The smallest absolute Gasteiger partial charge is 0.186 e. The van der Waals surface area contributed by atoms with E-state index < -0.39 is 5.79 Å². The summed E-state index contributed by atoms with van der Waals surface area (Å²) in [5.41, 5.74) is 7.34. The summed E-state index contributed by atoms with van der Waals surface area (Å²) < 4.78 is 14.2. The first-order chi connectivity index (χ1) is 10.7. The number of halogens is 1. The molecular weight excluding hydrogens is 293 g/mol. The fraction of sp³-hybridized carbons (Fsp3) is 0.684. The lowest BCUT2D eigenvalue weighted by Gasteiger charge is -2.56. The van der Waals surface area contributed by atoms with Crippen LogP contribution in [0.4, 0.5) is 4.39 Å². The minimum Gasteiger partial charge on any atom is -0.400 e. The molecule has 3 nitrogen and oxygen atoms in total. The van der Waals surface area contributed by atoms with E-state index in [2.05, 4.69) is 19.9 Å². The molecule has 0 saturated heterocycles. The Bertz CT molecular complexity index is 650. The Hall–Kier alpha value is -1.13. The van der Waals surface area contributed by atoms with Gasteiger partial charge in [0.15, 0.2) is 5.79 Å². The normalized spacial score (nSPS) is 47.7. The van der Waals surface area contributed by atoms with Crippen molar-refractivity contribution in [2.45, 2.75) is 51.7 Å². The van der Waals surface area contributed by atoms with Gasteiger partial charge in [0.25, 0.3) is 0 Å². The van der Waals surface area contributed by atoms with Gasteiger partial charge in [-0.2, -0.15) is 0 Å². The van der Waals surface area contributed by atoms with E-state index in [-0.39, 0.29) is 29.0 Å². The van der Waals surface area contributed by atoms with Crippen molar-refractivity contribution in [3.05, 3.63) is 35.3 Å². The van der Waals surface area contributed by atoms with Crippen molar-refractivity contribution < 1.29 is 14.6 Å². The molecule has 0 aromatic carbocycles. The van der Waals surface area contributed by atoms with Gasteiger partial charge in [-0.25, -0.2) is 4.39 Å². The number of aliphatic hydroxyl groups is 2. The maximum Gasteiger partial charge on any atom is 0.186 e. The molecule has 5 atom stereocenters. The van der Waals surface area contributed by atoms with Crippen LogP contribution in [0.5, 0.6) is 0 Å². The van der Waals surface area contributed by atoms with Gasteiger partial charge in [0.1, 0.15) is 5.83 Å². The molecule has 4 heteroatoms. The molecular formula is C19H26FNO2. The van der Waals surface area contributed by atoms with Crippen LogP contribution in [-0.2, 0) is 0 Å². The Labute approximate surface area is 136 Å². The maximum absolute atomic E-state index is 14.2. The number of nitrogens with two attached hydrogens (primary N) is 1. The highest BCUT2D eigenvalue weighted by molar-refractivity contribution is 5.35. The molecule has 0 aromatic rings. The highest BCUT2D eigenvalue weighted by Crippen LogP contribution is 2.64. The third-order valence-electron chi connectivity index (χ3n) is 7.38. The third-order valence-corrected chi connectivity index (χ3v) is 7.38. The van der Waals surface area contributed by atoms with E-state index in [1.165, 1.54) is 6.08 Å². The molecule has 0 amide bonds. The van der Waals surface area contributed by atoms with Gasteiger partial charge >= 0.3 is 0 Å². The monoisotopic (exact) mass is 319 g/mol. The average molecular weight is 319 g/mol. The molecule has 0 aromatic heterocycles. The fourth-order valence-electron chi connectivity index (χ4n) is 5.88. The summed E-state index contributed by atoms with van der Waals surface area (Å²) in [4.78, 5) is 0. The van der Waals surface area contributed by atoms with Crippen LogP contribution >= 0.6 is 0 Å². The van der Waals surface area contributed by atoms with Gasteiger partial charge in [-0.15, -0.1) is 0 Å². The summed E-state index contributed by atoms with van der Waals surface area (Å²) in [6, 6.07) is 0. The van der Waals surface area contributed by atoms with Crippen LogP contribution < -0.4 is 5.73 Å². The molecule has 0 heterocycles. The minimum atomic E-state index is -1.73. The molecule has 0 bridgehead atoms. The quantitative estimate of drug-likeness (QED) is 0.474. The summed E-state index contributed by atoms with van der Waals surface area (Å²) in [5, 5.41) is 19.9. The van der Waals surface area contributed by atoms with Crippen molar-refractivity contribution >= 4 is 0 Å². The van der Waals surface area contributed by atoms with Gasteiger partial charge < -0.3 is 15.9 Å². The summed E-state index contributed by atoms with van der Waals surface area (Å²) >= 11 is 0. The van der Waals surface area contributed by atoms with E-state index in [9.17, 15) is 14.6 Å². The van der Waals surface area contributed by atoms with Crippen LogP contribution in [0, 0.1) is 28.6 Å². The highest BCUT2D eigenvalue weighted by Gasteiger charge is 2.57. The molecule has 0 unspecified atom stereocenters. The van der Waals surface area contributed by atoms with Crippen LogP contribution in [0.3, 0.4) is 0 Å². The Morgan fingerprint density at radius 2 is 1.96 bits per heavy atom. The van der Waals surface area contributed by atoms with Gasteiger partial charge in [-0.05, 0) is 43.1 Å². The third kappa shape index (κ3) is 1.94. The van der Waals surface area contributed by atoms with E-state index in [0.717, 1.165) is 24.8 Å². The maximum atomic E-state index is 14.2. The Balaban J connectivity index is 1.72. The first-order valence-electron chi connectivity index (χ1n) is 8.67. The van der Waals surface area contributed by atoms with Gasteiger partial charge in [0.05, 0.1) is 0 Å². The second-order valence-electron chi connectivity index (χ2n) is 8.49. The lowest BCUT2D eigenvalue weighted by molar-refractivity contribution is -0.126. The predicted molar refractivity (Wildman–Crippen MR) is 86.5 cm³/mol. The van der Waals surface area contributed by atoms with E-state index >= 15 is 0 Å². The van der Waals surface area contributed by atoms with E-state index in [1.807, 2.05) is 6.08 Å². The predicted octanol–water partition coefficient (Wildman–Crippen LogP) is 3.16. The molecule has 4 rings (SSSR count). The Morgan fingerprint density at radius 1 is 1.22 bits per heavy atom. The lowest BCUT2D eigenvalue weighted by Crippen LogP contribution is -2.50. The van der Waals surface area contributed by atoms with Gasteiger partial charge in [0, 0.05) is 29.4 Å². The minimum absolute atomic E-state index is 0.109. The Kier molecular flexibility index (Phi) is 3.00. The summed E-state index contributed by atoms with van der Waals surface area (Å²) in [6.45, 7) is 4.33. The molecule has 1 fully saturated rings. The number of rotatable bonds is 0. The standard InChI is InChI=1S/C19H26FNO2/c1-17-7-8-19(22,23)10-11(17)3-4-12-13(17)5-6-18(2)14(12)9-15(20)16(18)21/h3,7-8,12-14,22-23H,4-6,9-10,21H2,1-2H3/t12-,13+,14+,17+,18+/m1/s1. The zero-order valence-corrected chi connectivity index (χ0v) is 13.8. The molecule has 4 N–H and O–H groups in total. The zero-order valence-electron chi connectivity index (χ0n) is 13.8. The van der Waals surface area contributed by atoms with Crippen molar-refractivity contribution in [3.8, 4) is 0 Å². The van der Waals surface area contributed by atoms with Gasteiger partial charge in [-0.3, -0.25) is 0 Å². The molecule has 0 aliphatic heterocycles. The lowest BCUT2D eigenvalue weighted by atomic mass is 9.49. The number of allylic oxidation sites excluding steroid dienone is 4. The summed E-state index contributed by atoms with van der Waals surface area (Å²) in [7, 11) is 0. The zero-order chi connectivity index (χ0) is 16.6. The highest BCUT2D eigenvalue weighted by atomic mass is 19.1. The van der Waals surface area contributed by atoms with Gasteiger partial charge in [0.2, 0.25) is 0 Å². The van der Waals surface area contributed by atoms with Crippen LogP contribution in [0.1, 0.15) is 46.0 Å².